The molecule has 0 spiro atoms. The zero-order valence-corrected chi connectivity index (χ0v) is 12.1. The van der Waals surface area contributed by atoms with Gasteiger partial charge in [-0.25, -0.2) is 12.7 Å². The molecular weight excluding hydrogens is 268 g/mol. The minimum absolute atomic E-state index is 0.0293. The lowest BCUT2D eigenvalue weighted by atomic mass is 9.94. The summed E-state index contributed by atoms with van der Waals surface area (Å²) in [6, 6.07) is 0.309. The maximum Gasteiger partial charge on any atom is 0.305 e. The number of methoxy groups -OCH3 is 1. The van der Waals surface area contributed by atoms with Crippen LogP contribution in [0.25, 0.3) is 0 Å². The van der Waals surface area contributed by atoms with Crippen LogP contribution in [0.1, 0.15) is 25.7 Å². The first-order valence-electron chi connectivity index (χ1n) is 6.81. The summed E-state index contributed by atoms with van der Waals surface area (Å²) in [5, 5.41) is 3.39. The SMILES string of the molecule is COC(=O)CCCS(=O)(=O)N1C[C@@H]2CCCN[C@@H]2C1. The van der Waals surface area contributed by atoms with Crippen LogP contribution in [0, 0.1) is 5.92 Å². The standard InChI is InChI=1S/C12H22N2O4S/c1-18-12(15)5-3-7-19(16,17)14-8-10-4-2-6-13-11(10)9-14/h10-11,13H,2-9H2,1H3/t10-,11+/m0/s1. The Hall–Kier alpha value is -0.660. The Bertz CT molecular complexity index is 409. The van der Waals surface area contributed by atoms with Gasteiger partial charge in [0.05, 0.1) is 12.9 Å². The van der Waals surface area contributed by atoms with Crippen molar-refractivity contribution in [3.8, 4) is 0 Å². The summed E-state index contributed by atoms with van der Waals surface area (Å²) in [5.74, 6) is 0.123. The second-order valence-corrected chi connectivity index (χ2v) is 7.36. The Morgan fingerprint density at radius 1 is 1.42 bits per heavy atom. The molecule has 2 atom stereocenters. The molecule has 2 aliphatic heterocycles. The van der Waals surface area contributed by atoms with Crippen LogP contribution in [-0.2, 0) is 19.6 Å². The number of piperidine rings is 1. The highest BCUT2D eigenvalue weighted by Crippen LogP contribution is 2.27. The molecule has 0 radical (unpaired) electrons. The monoisotopic (exact) mass is 290 g/mol. The summed E-state index contributed by atoms with van der Waals surface area (Å²) >= 11 is 0. The number of hydrogen-bond donors (Lipinski definition) is 1. The number of nitrogens with one attached hydrogen (secondary N) is 1. The van der Waals surface area contributed by atoms with Gasteiger partial charge in [-0.05, 0) is 31.7 Å². The van der Waals surface area contributed by atoms with Gasteiger partial charge in [0, 0.05) is 25.6 Å². The molecule has 0 aliphatic carbocycles. The first-order valence-corrected chi connectivity index (χ1v) is 8.42. The quantitative estimate of drug-likeness (QED) is 0.719. The maximum absolute atomic E-state index is 12.2. The van der Waals surface area contributed by atoms with E-state index in [1.54, 1.807) is 4.31 Å². The fraction of sp³-hybridized carbons (Fsp3) is 0.917. The van der Waals surface area contributed by atoms with Crippen LogP contribution >= 0.6 is 0 Å². The maximum atomic E-state index is 12.2. The summed E-state index contributed by atoms with van der Waals surface area (Å²) in [4.78, 5) is 11.0. The molecule has 0 unspecified atom stereocenters. The first-order chi connectivity index (χ1) is 9.03. The topological polar surface area (TPSA) is 75.7 Å². The van der Waals surface area contributed by atoms with E-state index >= 15 is 0 Å². The van der Waals surface area contributed by atoms with Gasteiger partial charge in [0.15, 0.2) is 0 Å². The van der Waals surface area contributed by atoms with Crippen LogP contribution in [0.4, 0.5) is 0 Å². The summed E-state index contributed by atoms with van der Waals surface area (Å²) in [7, 11) is -1.92. The summed E-state index contributed by atoms with van der Waals surface area (Å²) < 4.78 is 30.5. The third-order valence-electron chi connectivity index (χ3n) is 3.97. The second-order valence-electron chi connectivity index (χ2n) is 5.28. The van der Waals surface area contributed by atoms with Crippen LogP contribution in [0.15, 0.2) is 0 Å². The minimum atomic E-state index is -3.24. The van der Waals surface area contributed by atoms with E-state index in [4.69, 9.17) is 0 Å². The van der Waals surface area contributed by atoms with E-state index in [2.05, 4.69) is 10.1 Å². The van der Waals surface area contributed by atoms with Crippen molar-refractivity contribution in [2.75, 3.05) is 32.5 Å². The molecule has 0 aromatic carbocycles. The van der Waals surface area contributed by atoms with Gasteiger partial charge < -0.3 is 10.1 Å². The van der Waals surface area contributed by atoms with E-state index in [9.17, 15) is 13.2 Å². The third-order valence-corrected chi connectivity index (χ3v) is 5.86. The lowest BCUT2D eigenvalue weighted by Crippen LogP contribution is -2.41. The van der Waals surface area contributed by atoms with Crippen LogP contribution in [0.2, 0.25) is 0 Å². The summed E-state index contributed by atoms with van der Waals surface area (Å²) in [6.07, 6.45) is 2.71. The van der Waals surface area contributed by atoms with Gasteiger partial charge in [-0.15, -0.1) is 0 Å². The average molecular weight is 290 g/mol. The fourth-order valence-electron chi connectivity index (χ4n) is 2.86. The third kappa shape index (κ3) is 3.67. The number of rotatable bonds is 5. The Labute approximate surface area is 114 Å². The molecule has 0 aromatic heterocycles. The van der Waals surface area contributed by atoms with Gasteiger partial charge in [-0.1, -0.05) is 0 Å². The molecule has 19 heavy (non-hydrogen) atoms. The Balaban J connectivity index is 1.84. The molecule has 1 N–H and O–H groups in total. The van der Waals surface area contributed by atoms with Gasteiger partial charge in [0.1, 0.15) is 0 Å². The number of nitrogens with zero attached hydrogens (tertiary/aromatic N) is 1. The molecule has 2 rings (SSSR count). The van der Waals surface area contributed by atoms with Gasteiger partial charge in [0.2, 0.25) is 10.0 Å². The van der Waals surface area contributed by atoms with E-state index in [0.717, 1.165) is 19.4 Å². The summed E-state index contributed by atoms with van der Waals surface area (Å²) in [6.45, 7) is 2.18. The first kappa shape index (κ1) is 14.7. The molecular formula is C12H22N2O4S. The van der Waals surface area contributed by atoms with Crippen molar-refractivity contribution in [2.45, 2.75) is 31.7 Å². The lowest BCUT2D eigenvalue weighted by molar-refractivity contribution is -0.140. The highest BCUT2D eigenvalue weighted by atomic mass is 32.2. The van der Waals surface area contributed by atoms with Crippen molar-refractivity contribution in [3.63, 3.8) is 0 Å². The van der Waals surface area contributed by atoms with Crippen molar-refractivity contribution >= 4 is 16.0 Å². The number of carbonyl (C=O) groups excluding carboxylic acids is 1. The van der Waals surface area contributed by atoms with Gasteiger partial charge in [-0.3, -0.25) is 4.79 Å². The van der Waals surface area contributed by atoms with Gasteiger partial charge >= 0.3 is 5.97 Å². The Morgan fingerprint density at radius 3 is 2.89 bits per heavy atom. The number of carbonyl (C=O) groups is 1. The van der Waals surface area contributed by atoms with Crippen molar-refractivity contribution < 1.29 is 17.9 Å². The predicted molar refractivity (Wildman–Crippen MR) is 71.1 cm³/mol. The largest absolute Gasteiger partial charge is 0.469 e. The molecule has 0 aromatic rings. The van der Waals surface area contributed by atoms with Crippen molar-refractivity contribution in [3.05, 3.63) is 0 Å². The number of fused-ring (bicyclic) bond motifs is 1. The molecule has 0 amide bonds. The molecule has 2 aliphatic rings. The second kappa shape index (κ2) is 6.19. The Kier molecular flexibility index (Phi) is 4.81. The average Bonchev–Trinajstić information content (AvgIpc) is 2.83. The number of ether oxygens (including phenoxy) is 1. The van der Waals surface area contributed by atoms with E-state index in [1.165, 1.54) is 7.11 Å². The van der Waals surface area contributed by atoms with Crippen LogP contribution in [0.3, 0.4) is 0 Å². The van der Waals surface area contributed by atoms with E-state index in [0.29, 0.717) is 31.5 Å². The highest BCUT2D eigenvalue weighted by Gasteiger charge is 2.39. The normalized spacial score (nSPS) is 28.1. The minimum Gasteiger partial charge on any atom is -0.469 e. The lowest BCUT2D eigenvalue weighted by Gasteiger charge is -2.24. The number of esters is 1. The van der Waals surface area contributed by atoms with Crippen LogP contribution in [0.5, 0.6) is 0 Å². The van der Waals surface area contributed by atoms with Crippen molar-refractivity contribution in [2.24, 2.45) is 5.92 Å². The van der Waals surface area contributed by atoms with Gasteiger partial charge in [0.25, 0.3) is 0 Å². The summed E-state index contributed by atoms with van der Waals surface area (Å²) in [5.41, 5.74) is 0. The molecule has 2 fully saturated rings. The van der Waals surface area contributed by atoms with Crippen molar-refractivity contribution in [1.82, 2.24) is 9.62 Å². The van der Waals surface area contributed by atoms with Gasteiger partial charge in [-0.2, -0.15) is 0 Å². The molecule has 110 valence electrons. The molecule has 2 heterocycles. The zero-order chi connectivity index (χ0) is 13.9. The van der Waals surface area contributed by atoms with E-state index in [1.807, 2.05) is 0 Å². The van der Waals surface area contributed by atoms with Crippen LogP contribution < -0.4 is 5.32 Å². The zero-order valence-electron chi connectivity index (χ0n) is 11.3. The smallest absolute Gasteiger partial charge is 0.305 e. The Morgan fingerprint density at radius 2 is 2.21 bits per heavy atom. The molecule has 2 saturated heterocycles. The fourth-order valence-corrected chi connectivity index (χ4v) is 4.44. The molecule has 6 nitrogen and oxygen atoms in total. The van der Waals surface area contributed by atoms with Crippen molar-refractivity contribution in [1.29, 1.82) is 0 Å². The van der Waals surface area contributed by atoms with Crippen LogP contribution in [-0.4, -0.2) is 57.2 Å². The predicted octanol–water partition coefficient (Wildman–Crippen LogP) is -0.0468. The highest BCUT2D eigenvalue weighted by molar-refractivity contribution is 7.89. The van der Waals surface area contributed by atoms with E-state index in [-0.39, 0.29) is 18.1 Å². The number of sulfonamides is 1. The molecule has 0 bridgehead atoms. The molecule has 0 saturated carbocycles. The van der Waals surface area contributed by atoms with E-state index < -0.39 is 10.0 Å². The number of hydrogen-bond acceptors (Lipinski definition) is 5. The molecule has 7 heteroatoms.